The third kappa shape index (κ3) is 3.37. The Balaban J connectivity index is 1.64. The Morgan fingerprint density at radius 3 is 2.64 bits per heavy atom. The van der Waals surface area contributed by atoms with Crippen molar-refractivity contribution in [2.75, 3.05) is 13.1 Å². The molecule has 3 heterocycles. The van der Waals surface area contributed by atoms with Crippen molar-refractivity contribution in [1.82, 2.24) is 19.5 Å². The molecule has 1 aliphatic heterocycles. The molecule has 0 spiro atoms. The number of carbonyl (C=O) groups is 1. The van der Waals surface area contributed by atoms with Gasteiger partial charge in [-0.1, -0.05) is 12.1 Å². The molecule has 0 atom stereocenters. The highest BCUT2D eigenvalue weighted by Crippen LogP contribution is 2.30. The molecule has 4 rings (SSSR count). The molecule has 0 radical (unpaired) electrons. The maximum atomic E-state index is 12.3. The fourth-order valence-electron chi connectivity index (χ4n) is 3.93. The van der Waals surface area contributed by atoms with Crippen LogP contribution in [0.5, 0.6) is 0 Å². The first-order valence-corrected chi connectivity index (χ1v) is 9.72. The highest BCUT2D eigenvalue weighted by Gasteiger charge is 2.29. The predicted octanol–water partition coefficient (Wildman–Crippen LogP) is 3.60. The van der Waals surface area contributed by atoms with Crippen LogP contribution in [-0.2, 0) is 4.74 Å². The highest BCUT2D eigenvalue weighted by molar-refractivity contribution is 5.94. The van der Waals surface area contributed by atoms with E-state index >= 15 is 0 Å². The number of aromatic nitrogens is 3. The first kappa shape index (κ1) is 18.5. The lowest BCUT2D eigenvalue weighted by Gasteiger charge is -2.33. The van der Waals surface area contributed by atoms with Crippen LogP contribution in [0.1, 0.15) is 50.8 Å². The minimum absolute atomic E-state index is 0.123. The summed E-state index contributed by atoms with van der Waals surface area (Å²) in [7, 11) is 0. The molecule has 148 valence electrons. The molecule has 1 aliphatic rings. The number of benzene rings is 1. The van der Waals surface area contributed by atoms with Crippen molar-refractivity contribution in [2.24, 2.45) is 0 Å². The van der Waals surface area contributed by atoms with Crippen molar-refractivity contribution in [3.8, 4) is 0 Å². The Hall–Kier alpha value is -2.83. The summed E-state index contributed by atoms with van der Waals surface area (Å²) in [6.07, 6.45) is 1.27. The van der Waals surface area contributed by atoms with Crippen molar-refractivity contribution in [3.63, 3.8) is 0 Å². The van der Waals surface area contributed by atoms with E-state index in [-0.39, 0.29) is 17.6 Å². The van der Waals surface area contributed by atoms with Crippen LogP contribution < -0.4 is 5.56 Å². The second-order valence-electron chi connectivity index (χ2n) is 8.53. The molecular weight excluding hydrogens is 356 g/mol. The molecule has 7 heteroatoms. The lowest BCUT2D eigenvalue weighted by atomic mass is 9.93. The molecule has 28 heavy (non-hydrogen) atoms. The van der Waals surface area contributed by atoms with Crippen molar-refractivity contribution in [1.29, 1.82) is 0 Å². The number of nitrogens with one attached hydrogen (secondary N) is 1. The van der Waals surface area contributed by atoms with Crippen LogP contribution in [0.4, 0.5) is 4.79 Å². The van der Waals surface area contributed by atoms with Gasteiger partial charge in [-0.3, -0.25) is 4.79 Å². The second-order valence-corrected chi connectivity index (χ2v) is 8.53. The van der Waals surface area contributed by atoms with Gasteiger partial charge < -0.3 is 14.6 Å². The largest absolute Gasteiger partial charge is 0.444 e. The molecule has 1 aromatic carbocycles. The molecule has 7 nitrogen and oxygen atoms in total. The summed E-state index contributed by atoms with van der Waals surface area (Å²) < 4.78 is 7.34. The minimum atomic E-state index is -0.500. The zero-order valence-electron chi connectivity index (χ0n) is 16.8. The molecule has 1 fully saturated rings. The van der Waals surface area contributed by atoms with Crippen LogP contribution in [-0.4, -0.2) is 44.3 Å². The van der Waals surface area contributed by atoms with E-state index in [1.54, 1.807) is 11.0 Å². The van der Waals surface area contributed by atoms with Gasteiger partial charge in [-0.15, -0.1) is 0 Å². The molecule has 0 saturated carbocycles. The van der Waals surface area contributed by atoms with Gasteiger partial charge >= 0.3 is 6.09 Å². The molecule has 1 saturated heterocycles. The number of nitrogens with zero attached hydrogens (tertiary/aromatic N) is 3. The minimum Gasteiger partial charge on any atom is -0.444 e. The van der Waals surface area contributed by atoms with E-state index in [0.29, 0.717) is 13.1 Å². The summed E-state index contributed by atoms with van der Waals surface area (Å²) in [6, 6.07) is 7.60. The number of ether oxygens (including phenoxy) is 1. The smallest absolute Gasteiger partial charge is 0.410 e. The highest BCUT2D eigenvalue weighted by atomic mass is 16.6. The predicted molar refractivity (Wildman–Crippen MR) is 108 cm³/mol. The average molecular weight is 382 g/mol. The maximum Gasteiger partial charge on any atom is 0.410 e. The van der Waals surface area contributed by atoms with Crippen LogP contribution in [0.25, 0.3) is 16.6 Å². The van der Waals surface area contributed by atoms with Crippen LogP contribution >= 0.6 is 0 Å². The van der Waals surface area contributed by atoms with E-state index in [1.807, 2.05) is 50.4 Å². The number of rotatable bonds is 1. The quantitative estimate of drug-likeness (QED) is 0.697. The van der Waals surface area contributed by atoms with Gasteiger partial charge in [0.25, 0.3) is 5.56 Å². The van der Waals surface area contributed by atoms with E-state index < -0.39 is 5.60 Å². The summed E-state index contributed by atoms with van der Waals surface area (Å²) in [4.78, 5) is 29.3. The first-order valence-electron chi connectivity index (χ1n) is 9.72. The van der Waals surface area contributed by atoms with Crippen LogP contribution in [0.2, 0.25) is 0 Å². The normalized spacial score (nSPS) is 16.1. The van der Waals surface area contributed by atoms with E-state index in [9.17, 15) is 9.59 Å². The maximum absolute atomic E-state index is 12.3. The molecule has 2 aromatic heterocycles. The Labute approximate surface area is 163 Å². The lowest BCUT2D eigenvalue weighted by Crippen LogP contribution is -2.41. The van der Waals surface area contributed by atoms with Crippen LogP contribution in [0.3, 0.4) is 0 Å². The molecular formula is C21H26N4O3. The van der Waals surface area contributed by atoms with E-state index in [2.05, 4.69) is 4.98 Å². The number of aromatic amines is 1. The van der Waals surface area contributed by atoms with Crippen molar-refractivity contribution in [3.05, 3.63) is 45.9 Å². The number of hydrogen-bond donors (Lipinski definition) is 1. The van der Waals surface area contributed by atoms with Gasteiger partial charge in [-0.05, 0) is 52.2 Å². The summed E-state index contributed by atoms with van der Waals surface area (Å²) in [5, 5.41) is 5.72. The third-order valence-corrected chi connectivity index (χ3v) is 5.24. The average Bonchev–Trinajstić information content (AvgIpc) is 2.99. The SMILES string of the molecule is Cc1cccc2nn3c(C4CCN(C(=O)OC(C)(C)C)CC4)cc(=O)[nH]c3c12. The van der Waals surface area contributed by atoms with Crippen molar-refractivity contribution < 1.29 is 9.53 Å². The van der Waals surface area contributed by atoms with Crippen LogP contribution in [0.15, 0.2) is 29.1 Å². The number of amides is 1. The third-order valence-electron chi connectivity index (χ3n) is 5.24. The molecule has 1 N–H and O–H groups in total. The molecule has 3 aromatic rings. The number of piperidine rings is 1. The Morgan fingerprint density at radius 2 is 1.96 bits per heavy atom. The van der Waals surface area contributed by atoms with E-state index in [1.165, 1.54) is 0 Å². The van der Waals surface area contributed by atoms with Crippen LogP contribution in [0, 0.1) is 6.92 Å². The van der Waals surface area contributed by atoms with Gasteiger partial charge in [0.15, 0.2) is 0 Å². The second kappa shape index (κ2) is 6.65. The monoisotopic (exact) mass is 382 g/mol. The number of aryl methyl sites for hydroxylation is 1. The molecule has 0 aliphatic carbocycles. The van der Waals surface area contributed by atoms with Gasteiger partial charge in [0.1, 0.15) is 11.2 Å². The Bertz CT molecular complexity index is 1100. The zero-order valence-corrected chi connectivity index (χ0v) is 16.8. The fourth-order valence-corrected chi connectivity index (χ4v) is 3.93. The Kier molecular flexibility index (Phi) is 4.40. The summed E-state index contributed by atoms with van der Waals surface area (Å²) in [6.45, 7) is 8.84. The number of fused-ring (bicyclic) bond motifs is 3. The van der Waals surface area contributed by atoms with Crippen molar-refractivity contribution >= 4 is 22.6 Å². The summed E-state index contributed by atoms with van der Waals surface area (Å²) in [5.41, 5.74) is 2.97. The van der Waals surface area contributed by atoms with Crippen molar-refractivity contribution in [2.45, 2.75) is 52.1 Å². The topological polar surface area (TPSA) is 79.7 Å². The summed E-state index contributed by atoms with van der Waals surface area (Å²) >= 11 is 0. The molecule has 0 unspecified atom stereocenters. The van der Waals surface area contributed by atoms with Gasteiger partial charge in [0.2, 0.25) is 0 Å². The number of likely N-dealkylation sites (tertiary alicyclic amines) is 1. The van der Waals surface area contributed by atoms with E-state index in [0.717, 1.165) is 40.6 Å². The summed E-state index contributed by atoms with van der Waals surface area (Å²) in [5.74, 6) is 0.165. The number of carbonyl (C=O) groups excluding carboxylic acids is 1. The van der Waals surface area contributed by atoms with Gasteiger partial charge in [-0.25, -0.2) is 9.31 Å². The van der Waals surface area contributed by atoms with E-state index in [4.69, 9.17) is 9.84 Å². The van der Waals surface area contributed by atoms with Gasteiger partial charge in [0, 0.05) is 30.5 Å². The zero-order chi connectivity index (χ0) is 20.1. The molecule has 0 bridgehead atoms. The Morgan fingerprint density at radius 1 is 1.25 bits per heavy atom. The fraction of sp³-hybridized carbons (Fsp3) is 0.476. The standard InChI is InChI=1S/C21H26N4O3/c1-13-6-5-7-15-18(13)19-22-17(26)12-16(25(19)23-15)14-8-10-24(11-9-14)20(27)28-21(2,3)4/h5-7,12,14H,8-11H2,1-4H3,(H,22,26). The van der Waals surface area contributed by atoms with Gasteiger partial charge in [0.05, 0.1) is 11.2 Å². The number of hydrogen-bond acceptors (Lipinski definition) is 4. The first-order chi connectivity index (χ1) is 13.2. The molecule has 1 amide bonds. The van der Waals surface area contributed by atoms with Gasteiger partial charge in [-0.2, -0.15) is 5.10 Å². The number of H-pyrrole nitrogens is 1. The lowest BCUT2D eigenvalue weighted by molar-refractivity contribution is 0.0203.